The first-order valence-electron chi connectivity index (χ1n) is 6.84. The van der Waals surface area contributed by atoms with Crippen LogP contribution in [0.5, 0.6) is 0 Å². The van der Waals surface area contributed by atoms with Crippen molar-refractivity contribution >= 4 is 32.8 Å². The standard InChI is InChI=1S/C17H13BrFNO2/c18-13-6-5-12-9-16(22-15(12)10-13)17(21)20-8-7-11-3-1-2-4-14(11)19/h1-6,9-10H,7-8H2,(H,20,21). The molecule has 0 spiro atoms. The molecule has 0 radical (unpaired) electrons. The number of hydrogen-bond donors (Lipinski definition) is 1. The summed E-state index contributed by atoms with van der Waals surface area (Å²) < 4.78 is 19.9. The van der Waals surface area contributed by atoms with Gasteiger partial charge in [0.2, 0.25) is 0 Å². The number of rotatable bonds is 4. The summed E-state index contributed by atoms with van der Waals surface area (Å²) in [4.78, 5) is 12.1. The molecule has 0 saturated carbocycles. The predicted molar refractivity (Wildman–Crippen MR) is 86.4 cm³/mol. The number of nitrogens with one attached hydrogen (secondary N) is 1. The highest BCUT2D eigenvalue weighted by molar-refractivity contribution is 9.10. The van der Waals surface area contributed by atoms with E-state index in [0.29, 0.717) is 24.1 Å². The fourth-order valence-electron chi connectivity index (χ4n) is 2.22. The molecule has 5 heteroatoms. The van der Waals surface area contributed by atoms with Crippen molar-refractivity contribution in [1.82, 2.24) is 5.32 Å². The SMILES string of the molecule is O=C(NCCc1ccccc1F)c1cc2ccc(Br)cc2o1. The van der Waals surface area contributed by atoms with Crippen LogP contribution in [0.15, 0.2) is 57.4 Å². The Balaban J connectivity index is 1.65. The lowest BCUT2D eigenvalue weighted by atomic mass is 10.1. The Morgan fingerprint density at radius 3 is 2.82 bits per heavy atom. The van der Waals surface area contributed by atoms with Gasteiger partial charge in [0, 0.05) is 16.4 Å². The van der Waals surface area contributed by atoms with E-state index in [1.54, 1.807) is 24.3 Å². The van der Waals surface area contributed by atoms with Crippen LogP contribution in [0.25, 0.3) is 11.0 Å². The normalized spacial score (nSPS) is 10.8. The van der Waals surface area contributed by atoms with Gasteiger partial charge in [-0.2, -0.15) is 0 Å². The topological polar surface area (TPSA) is 42.2 Å². The zero-order chi connectivity index (χ0) is 15.5. The summed E-state index contributed by atoms with van der Waals surface area (Å²) in [5.74, 6) is -0.310. The van der Waals surface area contributed by atoms with Gasteiger partial charge < -0.3 is 9.73 Å². The van der Waals surface area contributed by atoms with Gasteiger partial charge in [-0.1, -0.05) is 34.1 Å². The molecule has 112 valence electrons. The number of carbonyl (C=O) groups is 1. The first-order chi connectivity index (χ1) is 10.6. The minimum absolute atomic E-state index is 0.252. The van der Waals surface area contributed by atoms with Gasteiger partial charge in [0.15, 0.2) is 5.76 Å². The lowest BCUT2D eigenvalue weighted by molar-refractivity contribution is 0.0928. The van der Waals surface area contributed by atoms with Crippen LogP contribution in [-0.2, 0) is 6.42 Å². The first kappa shape index (κ1) is 14.8. The summed E-state index contributed by atoms with van der Waals surface area (Å²) in [6.07, 6.45) is 0.435. The van der Waals surface area contributed by atoms with Crippen molar-refractivity contribution in [1.29, 1.82) is 0 Å². The van der Waals surface area contributed by atoms with E-state index in [4.69, 9.17) is 4.42 Å². The molecule has 1 amide bonds. The largest absolute Gasteiger partial charge is 0.451 e. The molecule has 3 rings (SSSR count). The maximum atomic E-state index is 13.5. The highest BCUT2D eigenvalue weighted by Gasteiger charge is 2.12. The maximum Gasteiger partial charge on any atom is 0.287 e. The Kier molecular flexibility index (Phi) is 4.24. The molecular weight excluding hydrogens is 349 g/mol. The van der Waals surface area contributed by atoms with Gasteiger partial charge in [0.1, 0.15) is 11.4 Å². The van der Waals surface area contributed by atoms with Crippen molar-refractivity contribution < 1.29 is 13.6 Å². The summed E-state index contributed by atoms with van der Waals surface area (Å²) in [7, 11) is 0. The summed E-state index contributed by atoms with van der Waals surface area (Å²) in [5.41, 5.74) is 1.23. The van der Waals surface area contributed by atoms with Gasteiger partial charge in [-0.25, -0.2) is 4.39 Å². The molecular formula is C17H13BrFNO2. The van der Waals surface area contributed by atoms with Crippen LogP contribution in [-0.4, -0.2) is 12.5 Å². The van der Waals surface area contributed by atoms with Crippen LogP contribution >= 0.6 is 15.9 Å². The van der Waals surface area contributed by atoms with Gasteiger partial charge >= 0.3 is 0 Å². The third-order valence-electron chi connectivity index (χ3n) is 3.34. The Hall–Kier alpha value is -2.14. The molecule has 0 aliphatic rings. The van der Waals surface area contributed by atoms with E-state index in [0.717, 1.165) is 9.86 Å². The van der Waals surface area contributed by atoms with Crippen LogP contribution in [0.1, 0.15) is 16.1 Å². The van der Waals surface area contributed by atoms with Crippen LogP contribution in [0.4, 0.5) is 4.39 Å². The molecule has 1 aromatic heterocycles. The molecule has 0 atom stereocenters. The van der Waals surface area contributed by atoms with Gasteiger partial charge in [0.25, 0.3) is 5.91 Å². The van der Waals surface area contributed by atoms with Crippen LogP contribution < -0.4 is 5.32 Å². The molecule has 1 heterocycles. The van der Waals surface area contributed by atoms with E-state index in [-0.39, 0.29) is 17.5 Å². The van der Waals surface area contributed by atoms with Gasteiger partial charge in [-0.3, -0.25) is 4.79 Å². The van der Waals surface area contributed by atoms with Gasteiger partial charge in [0.05, 0.1) is 0 Å². The van der Waals surface area contributed by atoms with E-state index in [1.807, 2.05) is 18.2 Å². The van der Waals surface area contributed by atoms with Crippen LogP contribution in [0.3, 0.4) is 0 Å². The quantitative estimate of drug-likeness (QED) is 0.752. The summed E-state index contributed by atoms with van der Waals surface area (Å²) >= 11 is 3.36. The number of fused-ring (bicyclic) bond motifs is 1. The number of amides is 1. The molecule has 0 aliphatic carbocycles. The fourth-order valence-corrected chi connectivity index (χ4v) is 2.56. The van der Waals surface area contributed by atoms with E-state index in [2.05, 4.69) is 21.2 Å². The number of hydrogen-bond acceptors (Lipinski definition) is 2. The molecule has 0 aliphatic heterocycles. The van der Waals surface area contributed by atoms with E-state index in [9.17, 15) is 9.18 Å². The molecule has 0 unspecified atom stereocenters. The van der Waals surface area contributed by atoms with Crippen molar-refractivity contribution in [2.75, 3.05) is 6.54 Å². The zero-order valence-corrected chi connectivity index (χ0v) is 13.2. The lowest BCUT2D eigenvalue weighted by Crippen LogP contribution is -2.25. The molecule has 1 N–H and O–H groups in total. The molecule has 22 heavy (non-hydrogen) atoms. The minimum atomic E-state index is -0.302. The first-order valence-corrected chi connectivity index (χ1v) is 7.63. The fraction of sp³-hybridized carbons (Fsp3) is 0.118. The van der Waals surface area contributed by atoms with Crippen LogP contribution in [0.2, 0.25) is 0 Å². The summed E-state index contributed by atoms with van der Waals surface area (Å²) in [6, 6.07) is 13.8. The van der Waals surface area contributed by atoms with Crippen molar-refractivity contribution in [3.05, 3.63) is 70.1 Å². The minimum Gasteiger partial charge on any atom is -0.451 e. The molecule has 3 aromatic rings. The number of benzene rings is 2. The highest BCUT2D eigenvalue weighted by atomic mass is 79.9. The van der Waals surface area contributed by atoms with Crippen molar-refractivity contribution in [3.8, 4) is 0 Å². The number of halogens is 2. The second kappa shape index (κ2) is 6.32. The molecule has 0 bridgehead atoms. The number of carbonyl (C=O) groups excluding carboxylic acids is 1. The van der Waals surface area contributed by atoms with E-state index >= 15 is 0 Å². The average Bonchev–Trinajstić information content (AvgIpc) is 2.92. The van der Waals surface area contributed by atoms with E-state index in [1.165, 1.54) is 6.07 Å². The van der Waals surface area contributed by atoms with Gasteiger partial charge in [-0.15, -0.1) is 0 Å². The number of furan rings is 1. The van der Waals surface area contributed by atoms with Crippen molar-refractivity contribution in [2.45, 2.75) is 6.42 Å². The van der Waals surface area contributed by atoms with Crippen molar-refractivity contribution in [2.24, 2.45) is 0 Å². The molecule has 0 fully saturated rings. The Morgan fingerprint density at radius 2 is 2.00 bits per heavy atom. The zero-order valence-electron chi connectivity index (χ0n) is 11.6. The third kappa shape index (κ3) is 3.20. The smallest absolute Gasteiger partial charge is 0.287 e. The second-order valence-corrected chi connectivity index (χ2v) is 5.81. The highest BCUT2D eigenvalue weighted by Crippen LogP contribution is 2.23. The monoisotopic (exact) mass is 361 g/mol. The summed E-state index contributed by atoms with van der Waals surface area (Å²) in [6.45, 7) is 0.348. The predicted octanol–water partition coefficient (Wildman–Crippen LogP) is 4.31. The Morgan fingerprint density at radius 1 is 1.18 bits per heavy atom. The second-order valence-electron chi connectivity index (χ2n) is 4.89. The van der Waals surface area contributed by atoms with Crippen LogP contribution in [0, 0.1) is 5.82 Å². The summed E-state index contributed by atoms with van der Waals surface area (Å²) in [5, 5.41) is 3.60. The molecule has 2 aromatic carbocycles. The van der Waals surface area contributed by atoms with Gasteiger partial charge in [-0.05, 0) is 42.3 Å². The third-order valence-corrected chi connectivity index (χ3v) is 3.84. The van der Waals surface area contributed by atoms with E-state index < -0.39 is 0 Å². The average molecular weight is 362 g/mol. The lowest BCUT2D eigenvalue weighted by Gasteiger charge is -2.04. The Labute approximate surface area is 135 Å². The molecule has 3 nitrogen and oxygen atoms in total. The maximum absolute atomic E-state index is 13.5. The Bertz CT molecular complexity index is 828. The van der Waals surface area contributed by atoms with Crippen molar-refractivity contribution in [3.63, 3.8) is 0 Å². The molecule has 0 saturated heterocycles.